The number of benzene rings is 1. The molecule has 0 spiro atoms. The lowest BCUT2D eigenvalue weighted by atomic mass is 9.80. The van der Waals surface area contributed by atoms with Crippen molar-refractivity contribution >= 4 is 28.8 Å². The normalized spacial score (nSPS) is 20.2. The number of hydrogen-bond donors (Lipinski definition) is 2. The molecule has 0 unspecified atom stereocenters. The van der Waals surface area contributed by atoms with Gasteiger partial charge in [-0.05, 0) is 31.2 Å². The first-order valence-corrected chi connectivity index (χ1v) is 7.83. The highest BCUT2D eigenvalue weighted by Crippen LogP contribution is 2.37. The van der Waals surface area contributed by atoms with Gasteiger partial charge in [0.15, 0.2) is 0 Å². The van der Waals surface area contributed by atoms with E-state index in [4.69, 9.17) is 16.6 Å². The molecule has 0 aliphatic carbocycles. The third kappa shape index (κ3) is 2.94. The van der Waals surface area contributed by atoms with Crippen molar-refractivity contribution in [3.05, 3.63) is 65.8 Å². The van der Waals surface area contributed by atoms with E-state index in [9.17, 15) is 10.1 Å². The van der Waals surface area contributed by atoms with Crippen molar-refractivity contribution in [2.75, 3.05) is 5.32 Å². The van der Waals surface area contributed by atoms with E-state index in [0.29, 0.717) is 27.7 Å². The van der Waals surface area contributed by atoms with Crippen LogP contribution < -0.4 is 10.6 Å². The zero-order valence-corrected chi connectivity index (χ0v) is 13.8. The van der Waals surface area contributed by atoms with Gasteiger partial charge in [0.1, 0.15) is 11.7 Å². The standard InChI is InChI=1S/C18H15N3O2S/c1-11-15(17(22)21-12-6-3-2-4-7-12)16(14-8-5-9-23-14)13(10-19)18(24)20-11/h2-9,13,16H,1H3,(H,20,24)(H,21,22)/t13-,16+/m0/s1. The molecule has 0 radical (unpaired) electrons. The number of nitrogens with zero attached hydrogens (tertiary/aromatic N) is 1. The van der Waals surface area contributed by atoms with Crippen LogP contribution in [0.1, 0.15) is 18.6 Å². The van der Waals surface area contributed by atoms with Gasteiger partial charge in [0.05, 0.1) is 23.2 Å². The maximum Gasteiger partial charge on any atom is 0.254 e. The monoisotopic (exact) mass is 337 g/mol. The molecule has 2 N–H and O–H groups in total. The van der Waals surface area contributed by atoms with Crippen LogP contribution in [-0.2, 0) is 4.79 Å². The minimum atomic E-state index is -0.661. The Morgan fingerprint density at radius 2 is 2.04 bits per heavy atom. The number of hydrogen-bond acceptors (Lipinski definition) is 4. The Morgan fingerprint density at radius 3 is 2.67 bits per heavy atom. The smallest absolute Gasteiger partial charge is 0.254 e. The third-order valence-electron chi connectivity index (χ3n) is 3.91. The Labute approximate surface area is 145 Å². The zero-order valence-electron chi connectivity index (χ0n) is 12.9. The summed E-state index contributed by atoms with van der Waals surface area (Å²) in [7, 11) is 0. The molecule has 0 bridgehead atoms. The van der Waals surface area contributed by atoms with Crippen molar-refractivity contribution in [2.24, 2.45) is 5.92 Å². The molecule has 0 fully saturated rings. The highest BCUT2D eigenvalue weighted by atomic mass is 32.1. The summed E-state index contributed by atoms with van der Waals surface area (Å²) < 4.78 is 5.48. The van der Waals surface area contributed by atoms with Gasteiger partial charge in [0.2, 0.25) is 0 Å². The molecule has 3 rings (SSSR count). The third-order valence-corrected chi connectivity index (χ3v) is 4.26. The first kappa shape index (κ1) is 16.0. The van der Waals surface area contributed by atoms with Crippen molar-refractivity contribution in [2.45, 2.75) is 12.8 Å². The molecule has 2 atom stereocenters. The van der Waals surface area contributed by atoms with E-state index in [2.05, 4.69) is 16.7 Å². The van der Waals surface area contributed by atoms with Crippen LogP contribution in [0.4, 0.5) is 5.69 Å². The van der Waals surface area contributed by atoms with Crippen molar-refractivity contribution in [3.63, 3.8) is 0 Å². The summed E-state index contributed by atoms with van der Waals surface area (Å²) >= 11 is 5.28. The van der Waals surface area contributed by atoms with E-state index in [-0.39, 0.29) is 5.91 Å². The van der Waals surface area contributed by atoms with Gasteiger partial charge in [-0.25, -0.2) is 0 Å². The number of thiocarbonyl (C=S) groups is 1. The first-order valence-electron chi connectivity index (χ1n) is 7.43. The summed E-state index contributed by atoms with van der Waals surface area (Å²) in [6.07, 6.45) is 1.52. The lowest BCUT2D eigenvalue weighted by molar-refractivity contribution is -0.113. The minimum Gasteiger partial charge on any atom is -0.469 e. The molecule has 1 aliphatic rings. The van der Waals surface area contributed by atoms with Gasteiger partial charge in [-0.2, -0.15) is 5.26 Å². The second-order valence-electron chi connectivity index (χ2n) is 5.45. The van der Waals surface area contributed by atoms with Crippen LogP contribution in [0.3, 0.4) is 0 Å². The number of para-hydroxylation sites is 1. The number of anilines is 1. The van der Waals surface area contributed by atoms with E-state index < -0.39 is 11.8 Å². The van der Waals surface area contributed by atoms with Gasteiger partial charge in [-0.1, -0.05) is 30.4 Å². The Morgan fingerprint density at radius 1 is 1.29 bits per heavy atom. The Hall–Kier alpha value is -2.91. The van der Waals surface area contributed by atoms with Crippen LogP contribution in [-0.4, -0.2) is 10.9 Å². The predicted octanol–water partition coefficient (Wildman–Crippen LogP) is 3.35. The molecule has 24 heavy (non-hydrogen) atoms. The molecule has 2 heterocycles. The van der Waals surface area contributed by atoms with Crippen molar-refractivity contribution < 1.29 is 9.21 Å². The van der Waals surface area contributed by atoms with Crippen LogP contribution >= 0.6 is 12.2 Å². The lowest BCUT2D eigenvalue weighted by Crippen LogP contribution is -2.40. The van der Waals surface area contributed by atoms with Gasteiger partial charge in [-0.15, -0.1) is 0 Å². The van der Waals surface area contributed by atoms with Crippen LogP contribution in [0.5, 0.6) is 0 Å². The number of amides is 1. The fourth-order valence-corrected chi connectivity index (χ4v) is 3.16. The summed E-state index contributed by atoms with van der Waals surface area (Å²) in [4.78, 5) is 13.2. The molecule has 120 valence electrons. The second kappa shape index (κ2) is 6.69. The van der Waals surface area contributed by atoms with Gasteiger partial charge in [0.25, 0.3) is 5.91 Å². The summed E-state index contributed by atoms with van der Waals surface area (Å²) in [5, 5.41) is 15.4. The number of carbonyl (C=O) groups is 1. The van der Waals surface area contributed by atoms with E-state index in [1.165, 1.54) is 6.26 Å². The van der Waals surface area contributed by atoms with Crippen LogP contribution in [0.2, 0.25) is 0 Å². The quantitative estimate of drug-likeness (QED) is 0.840. The van der Waals surface area contributed by atoms with E-state index in [1.54, 1.807) is 31.2 Å². The Balaban J connectivity index is 2.01. The number of nitrogens with one attached hydrogen (secondary N) is 2. The first-order chi connectivity index (χ1) is 11.6. The lowest BCUT2D eigenvalue weighted by Gasteiger charge is -2.30. The van der Waals surface area contributed by atoms with Crippen LogP contribution in [0, 0.1) is 17.2 Å². The average molecular weight is 337 g/mol. The minimum absolute atomic E-state index is 0.282. The van der Waals surface area contributed by atoms with E-state index in [0.717, 1.165) is 0 Å². The molecular formula is C18H15N3O2S. The van der Waals surface area contributed by atoms with Gasteiger partial charge < -0.3 is 15.1 Å². The number of furan rings is 1. The summed E-state index contributed by atoms with van der Waals surface area (Å²) in [6, 6.07) is 14.8. The fourth-order valence-electron chi connectivity index (χ4n) is 2.82. The number of carbonyl (C=O) groups excluding carboxylic acids is 1. The largest absolute Gasteiger partial charge is 0.469 e. The van der Waals surface area contributed by atoms with E-state index in [1.807, 2.05) is 18.2 Å². The zero-order chi connectivity index (χ0) is 17.1. The molecule has 5 nitrogen and oxygen atoms in total. The summed E-state index contributed by atoms with van der Waals surface area (Å²) in [6.45, 7) is 1.77. The topological polar surface area (TPSA) is 78.1 Å². The average Bonchev–Trinajstić information content (AvgIpc) is 3.09. The molecule has 2 aromatic rings. The predicted molar refractivity (Wildman–Crippen MR) is 94.1 cm³/mol. The van der Waals surface area contributed by atoms with Crippen molar-refractivity contribution in [1.29, 1.82) is 5.26 Å². The number of allylic oxidation sites excluding steroid dienone is 1. The Bertz CT molecular complexity index is 835. The number of nitriles is 1. The molecule has 1 aromatic heterocycles. The maximum absolute atomic E-state index is 12.8. The SMILES string of the molecule is CC1=C(C(=O)Nc2ccccc2)[C@@H](c2ccco2)[C@H](C#N)C(=S)N1. The maximum atomic E-state index is 12.8. The molecular weight excluding hydrogens is 322 g/mol. The molecule has 1 aromatic carbocycles. The summed E-state index contributed by atoms with van der Waals surface area (Å²) in [5.74, 6) is -0.938. The molecule has 6 heteroatoms. The van der Waals surface area contributed by atoms with Gasteiger partial charge >= 0.3 is 0 Å². The van der Waals surface area contributed by atoms with Crippen molar-refractivity contribution in [3.8, 4) is 6.07 Å². The van der Waals surface area contributed by atoms with Crippen LogP contribution in [0.15, 0.2) is 64.4 Å². The van der Waals surface area contributed by atoms with Crippen molar-refractivity contribution in [1.82, 2.24) is 5.32 Å². The second-order valence-corrected chi connectivity index (χ2v) is 5.89. The highest BCUT2D eigenvalue weighted by Gasteiger charge is 2.40. The fraction of sp³-hybridized carbons (Fsp3) is 0.167. The highest BCUT2D eigenvalue weighted by molar-refractivity contribution is 7.80. The Kier molecular flexibility index (Phi) is 4.45. The molecule has 1 aliphatic heterocycles. The van der Waals surface area contributed by atoms with Crippen LogP contribution in [0.25, 0.3) is 0 Å². The number of rotatable bonds is 3. The summed E-state index contributed by atoms with van der Waals surface area (Å²) in [5.41, 5.74) is 1.76. The van der Waals surface area contributed by atoms with Gasteiger partial charge in [0, 0.05) is 17.0 Å². The van der Waals surface area contributed by atoms with Gasteiger partial charge in [-0.3, -0.25) is 4.79 Å². The van der Waals surface area contributed by atoms with E-state index >= 15 is 0 Å². The molecule has 0 saturated carbocycles. The molecule has 0 saturated heterocycles. The molecule has 1 amide bonds.